The Morgan fingerprint density at radius 3 is 2.33 bits per heavy atom. The average molecular weight is 373 g/mol. The van der Waals surface area contributed by atoms with E-state index in [0.717, 1.165) is 44.3 Å². The predicted octanol–water partition coefficient (Wildman–Crippen LogP) is 2.87. The predicted molar refractivity (Wildman–Crippen MR) is 102 cm³/mol. The third-order valence-electron chi connectivity index (χ3n) is 5.50. The smallest absolute Gasteiger partial charge is 0.336 e. The van der Waals surface area contributed by atoms with Gasteiger partial charge in [-0.2, -0.15) is 0 Å². The summed E-state index contributed by atoms with van der Waals surface area (Å²) in [5.74, 6) is -1.44. The molecule has 0 aliphatic carbocycles. The van der Waals surface area contributed by atoms with Gasteiger partial charge in [-0.05, 0) is 56.7 Å². The van der Waals surface area contributed by atoms with Crippen molar-refractivity contribution in [1.82, 2.24) is 9.80 Å². The van der Waals surface area contributed by atoms with E-state index in [9.17, 15) is 19.5 Å². The van der Waals surface area contributed by atoms with Crippen molar-refractivity contribution >= 4 is 23.6 Å². The first kappa shape index (κ1) is 19.2. The Kier molecular flexibility index (Phi) is 5.68. The molecule has 27 heavy (non-hydrogen) atoms. The van der Waals surface area contributed by atoms with Gasteiger partial charge in [0.25, 0.3) is 0 Å². The molecule has 1 aromatic rings. The van der Waals surface area contributed by atoms with E-state index >= 15 is 0 Å². The minimum atomic E-state index is -1.01. The van der Waals surface area contributed by atoms with E-state index in [0.29, 0.717) is 24.3 Å². The van der Waals surface area contributed by atoms with Gasteiger partial charge in [-0.25, -0.2) is 9.59 Å². The fourth-order valence-electron chi connectivity index (χ4n) is 3.93. The molecule has 7 heteroatoms. The summed E-state index contributed by atoms with van der Waals surface area (Å²) in [5.41, 5.74) is 2.20. The monoisotopic (exact) mass is 373 g/mol. The lowest BCUT2D eigenvalue weighted by Crippen LogP contribution is -2.48. The molecule has 2 heterocycles. The summed E-state index contributed by atoms with van der Waals surface area (Å²) >= 11 is 0. The number of nitrogens with one attached hydrogen (secondary N) is 1. The molecule has 1 unspecified atom stereocenters. The molecule has 3 rings (SSSR count). The number of carboxylic acid groups (broad SMARTS) is 1. The Balaban J connectivity index is 1.68. The van der Waals surface area contributed by atoms with Crippen LogP contribution in [0, 0.1) is 19.8 Å². The summed E-state index contributed by atoms with van der Waals surface area (Å²) in [6, 6.07) is 3.31. The summed E-state index contributed by atoms with van der Waals surface area (Å²) in [7, 11) is 0. The van der Waals surface area contributed by atoms with Gasteiger partial charge in [0.05, 0.1) is 11.5 Å². The summed E-state index contributed by atoms with van der Waals surface area (Å²) in [6.07, 6.45) is 3.61. The van der Waals surface area contributed by atoms with Gasteiger partial charge in [0.2, 0.25) is 5.91 Å². The zero-order valence-electron chi connectivity index (χ0n) is 16.0. The molecule has 7 nitrogen and oxygen atoms in total. The largest absolute Gasteiger partial charge is 0.478 e. The number of piperidine rings is 1. The molecule has 0 spiro atoms. The SMILES string of the molecule is Cc1cc(C)c(C(=O)O)cc1NC(=O)C1CCCN(C(=O)N2CCCC2)C1. The van der Waals surface area contributed by atoms with Crippen LogP contribution in [-0.4, -0.2) is 59.0 Å². The first-order valence-electron chi connectivity index (χ1n) is 9.56. The second-order valence-electron chi connectivity index (χ2n) is 7.54. The van der Waals surface area contributed by atoms with Crippen LogP contribution in [-0.2, 0) is 4.79 Å². The lowest BCUT2D eigenvalue weighted by atomic mass is 9.96. The molecule has 2 saturated heterocycles. The van der Waals surface area contributed by atoms with E-state index in [1.165, 1.54) is 6.07 Å². The molecule has 1 aromatic carbocycles. The number of aromatic carboxylic acids is 1. The molecule has 0 radical (unpaired) electrons. The normalized spacial score (nSPS) is 19.9. The van der Waals surface area contributed by atoms with Gasteiger partial charge in [-0.3, -0.25) is 4.79 Å². The van der Waals surface area contributed by atoms with E-state index in [-0.39, 0.29) is 23.4 Å². The second-order valence-corrected chi connectivity index (χ2v) is 7.54. The minimum absolute atomic E-state index is 0.0321. The number of hydrogen-bond acceptors (Lipinski definition) is 3. The van der Waals surface area contributed by atoms with E-state index in [1.54, 1.807) is 17.9 Å². The zero-order valence-corrected chi connectivity index (χ0v) is 16.0. The molecular formula is C20H27N3O4. The highest BCUT2D eigenvalue weighted by atomic mass is 16.4. The number of likely N-dealkylation sites (tertiary alicyclic amines) is 2. The zero-order chi connectivity index (χ0) is 19.6. The molecule has 0 bridgehead atoms. The lowest BCUT2D eigenvalue weighted by molar-refractivity contribution is -0.121. The maximum Gasteiger partial charge on any atom is 0.336 e. The summed E-state index contributed by atoms with van der Waals surface area (Å²) in [5, 5.41) is 12.2. The van der Waals surface area contributed by atoms with Crippen LogP contribution < -0.4 is 5.32 Å². The van der Waals surface area contributed by atoms with Crippen LogP contribution in [0.25, 0.3) is 0 Å². The minimum Gasteiger partial charge on any atom is -0.478 e. The topological polar surface area (TPSA) is 90.0 Å². The number of hydrogen-bond donors (Lipinski definition) is 2. The quantitative estimate of drug-likeness (QED) is 0.852. The summed E-state index contributed by atoms with van der Waals surface area (Å²) in [4.78, 5) is 40.4. The van der Waals surface area contributed by atoms with Gasteiger partial charge >= 0.3 is 12.0 Å². The van der Waals surface area contributed by atoms with Crippen LogP contribution in [0.2, 0.25) is 0 Å². The first-order chi connectivity index (χ1) is 12.9. The highest BCUT2D eigenvalue weighted by molar-refractivity contribution is 5.96. The Morgan fingerprint density at radius 1 is 1.00 bits per heavy atom. The van der Waals surface area contributed by atoms with Crippen molar-refractivity contribution in [1.29, 1.82) is 0 Å². The molecule has 146 valence electrons. The van der Waals surface area contributed by atoms with Crippen molar-refractivity contribution in [3.05, 3.63) is 28.8 Å². The van der Waals surface area contributed by atoms with Crippen molar-refractivity contribution in [2.45, 2.75) is 39.5 Å². The number of benzene rings is 1. The fraction of sp³-hybridized carbons (Fsp3) is 0.550. The molecule has 0 aromatic heterocycles. The third kappa shape index (κ3) is 4.23. The van der Waals surface area contributed by atoms with Crippen molar-refractivity contribution < 1.29 is 19.5 Å². The van der Waals surface area contributed by atoms with Crippen LogP contribution in [0.5, 0.6) is 0 Å². The van der Waals surface area contributed by atoms with Gasteiger partial charge in [0.15, 0.2) is 0 Å². The molecule has 2 N–H and O–H groups in total. The van der Waals surface area contributed by atoms with E-state index in [2.05, 4.69) is 5.32 Å². The first-order valence-corrected chi connectivity index (χ1v) is 9.56. The van der Waals surface area contributed by atoms with Crippen LogP contribution in [0.4, 0.5) is 10.5 Å². The highest BCUT2D eigenvalue weighted by Gasteiger charge is 2.31. The van der Waals surface area contributed by atoms with E-state index < -0.39 is 5.97 Å². The lowest BCUT2D eigenvalue weighted by Gasteiger charge is -2.34. The second kappa shape index (κ2) is 7.98. The number of nitrogens with zero attached hydrogens (tertiary/aromatic N) is 2. The fourth-order valence-corrected chi connectivity index (χ4v) is 3.93. The van der Waals surface area contributed by atoms with Crippen molar-refractivity contribution in [2.24, 2.45) is 5.92 Å². The molecule has 2 fully saturated rings. The van der Waals surface area contributed by atoms with E-state index in [1.807, 2.05) is 11.8 Å². The standard InChI is InChI=1S/C20H27N3O4/c1-13-10-14(2)17(11-16(13)19(25)26)21-18(24)15-6-5-9-23(12-15)20(27)22-7-3-4-8-22/h10-11,15H,3-9,12H2,1-2H3,(H,21,24)(H,25,26). The summed E-state index contributed by atoms with van der Waals surface area (Å²) in [6.45, 7) is 6.28. The number of carboxylic acids is 1. The number of urea groups is 1. The molecule has 0 saturated carbocycles. The number of amides is 3. The van der Waals surface area contributed by atoms with Crippen LogP contribution in [0.15, 0.2) is 12.1 Å². The van der Waals surface area contributed by atoms with Crippen molar-refractivity contribution in [3.8, 4) is 0 Å². The van der Waals surface area contributed by atoms with Crippen LogP contribution in [0.3, 0.4) is 0 Å². The molecule has 1 atom stereocenters. The van der Waals surface area contributed by atoms with E-state index in [4.69, 9.17) is 0 Å². The van der Waals surface area contributed by atoms with Crippen molar-refractivity contribution in [2.75, 3.05) is 31.5 Å². The number of carbonyl (C=O) groups is 3. The molecule has 2 aliphatic heterocycles. The number of aryl methyl sites for hydroxylation is 2. The Morgan fingerprint density at radius 2 is 1.67 bits per heavy atom. The van der Waals surface area contributed by atoms with Gasteiger partial charge in [-0.15, -0.1) is 0 Å². The van der Waals surface area contributed by atoms with Gasteiger partial charge in [-0.1, -0.05) is 6.07 Å². The highest BCUT2D eigenvalue weighted by Crippen LogP contribution is 2.24. The number of rotatable bonds is 3. The molecular weight excluding hydrogens is 346 g/mol. The maximum absolute atomic E-state index is 12.8. The van der Waals surface area contributed by atoms with Crippen molar-refractivity contribution in [3.63, 3.8) is 0 Å². The van der Waals surface area contributed by atoms with Crippen LogP contribution >= 0.6 is 0 Å². The maximum atomic E-state index is 12.8. The van der Waals surface area contributed by atoms with Gasteiger partial charge in [0.1, 0.15) is 0 Å². The Hall–Kier alpha value is -2.57. The average Bonchev–Trinajstić information content (AvgIpc) is 3.17. The number of carbonyl (C=O) groups excluding carboxylic acids is 2. The Labute approximate surface area is 159 Å². The van der Waals surface area contributed by atoms with Gasteiger partial charge < -0.3 is 20.2 Å². The van der Waals surface area contributed by atoms with Crippen LogP contribution in [0.1, 0.15) is 47.2 Å². The summed E-state index contributed by atoms with van der Waals surface area (Å²) < 4.78 is 0. The third-order valence-corrected chi connectivity index (χ3v) is 5.50. The molecule has 2 aliphatic rings. The number of anilines is 1. The van der Waals surface area contributed by atoms with Gasteiger partial charge in [0, 0.05) is 31.9 Å². The molecule has 3 amide bonds. The Bertz CT molecular complexity index is 756.